The average Bonchev–Trinajstić information content (AvgIpc) is 3.02. The van der Waals surface area contributed by atoms with Crippen LogP contribution in [-0.2, 0) is 0 Å². The number of nitrogens with one attached hydrogen (secondary N) is 1. The van der Waals surface area contributed by atoms with E-state index >= 15 is 0 Å². The molecule has 0 bridgehead atoms. The molecule has 6 nitrogen and oxygen atoms in total. The number of piperidine rings is 1. The first-order valence-electron chi connectivity index (χ1n) is 9.89. The lowest BCUT2D eigenvalue weighted by atomic mass is 9.92. The van der Waals surface area contributed by atoms with Crippen molar-refractivity contribution in [2.75, 3.05) is 18.0 Å². The van der Waals surface area contributed by atoms with Crippen LogP contribution in [0.5, 0.6) is 0 Å². The fourth-order valence-electron chi connectivity index (χ4n) is 4.19. The Morgan fingerprint density at radius 3 is 2.54 bits per heavy atom. The molecule has 2 atom stereocenters. The highest BCUT2D eigenvalue weighted by molar-refractivity contribution is 5.61. The summed E-state index contributed by atoms with van der Waals surface area (Å²) in [4.78, 5) is 24.1. The quantitative estimate of drug-likeness (QED) is 0.755. The molecule has 0 amide bonds. The van der Waals surface area contributed by atoms with Crippen LogP contribution in [0.15, 0.2) is 41.3 Å². The van der Waals surface area contributed by atoms with Crippen LogP contribution in [0.2, 0.25) is 0 Å². The van der Waals surface area contributed by atoms with Gasteiger partial charge in [-0.2, -0.15) is 0 Å². The molecule has 4 rings (SSSR count). The molecule has 0 saturated carbocycles. The van der Waals surface area contributed by atoms with Crippen molar-refractivity contribution in [3.63, 3.8) is 0 Å². The van der Waals surface area contributed by atoms with Crippen molar-refractivity contribution >= 4 is 5.95 Å². The van der Waals surface area contributed by atoms with E-state index in [0.29, 0.717) is 11.8 Å². The second-order valence-electron chi connectivity index (χ2n) is 8.20. The first kappa shape index (κ1) is 18.5. The Labute approximate surface area is 165 Å². The van der Waals surface area contributed by atoms with Gasteiger partial charge in [-0.3, -0.25) is 9.89 Å². The number of H-pyrrole nitrogens is 1. The Kier molecular flexibility index (Phi) is 4.79. The molecule has 1 saturated heterocycles. The summed E-state index contributed by atoms with van der Waals surface area (Å²) in [7, 11) is 0. The van der Waals surface area contributed by atoms with Crippen molar-refractivity contribution in [2.24, 2.45) is 11.8 Å². The van der Waals surface area contributed by atoms with Crippen molar-refractivity contribution in [3.8, 4) is 16.9 Å². The Hall–Kier alpha value is -2.89. The van der Waals surface area contributed by atoms with Gasteiger partial charge in [-0.1, -0.05) is 26.0 Å². The monoisotopic (exact) mass is 377 g/mol. The minimum atomic E-state index is -0.0947. The van der Waals surface area contributed by atoms with Crippen molar-refractivity contribution < 1.29 is 0 Å². The highest BCUT2D eigenvalue weighted by Crippen LogP contribution is 2.26. The third-order valence-corrected chi connectivity index (χ3v) is 5.39. The van der Waals surface area contributed by atoms with Gasteiger partial charge in [-0.05, 0) is 49.8 Å². The Balaban J connectivity index is 1.65. The molecule has 28 heavy (non-hydrogen) atoms. The third kappa shape index (κ3) is 3.59. The van der Waals surface area contributed by atoms with Crippen LogP contribution in [0.4, 0.5) is 5.95 Å². The van der Waals surface area contributed by atoms with Crippen LogP contribution in [0, 0.1) is 25.7 Å². The van der Waals surface area contributed by atoms with Crippen LogP contribution >= 0.6 is 0 Å². The van der Waals surface area contributed by atoms with Gasteiger partial charge < -0.3 is 4.90 Å². The van der Waals surface area contributed by atoms with E-state index in [1.165, 1.54) is 6.42 Å². The molecule has 6 heteroatoms. The lowest BCUT2D eigenvalue weighted by Gasteiger charge is -2.35. The molecule has 1 N–H and O–H groups in total. The zero-order chi connectivity index (χ0) is 19.8. The van der Waals surface area contributed by atoms with E-state index in [2.05, 4.69) is 28.8 Å². The van der Waals surface area contributed by atoms with Crippen molar-refractivity contribution in [1.82, 2.24) is 19.7 Å². The predicted octanol–water partition coefficient (Wildman–Crippen LogP) is 3.72. The van der Waals surface area contributed by atoms with Gasteiger partial charge in [0.2, 0.25) is 5.95 Å². The zero-order valence-electron chi connectivity index (χ0n) is 16.9. The maximum absolute atomic E-state index is 12.5. The molecule has 2 unspecified atom stereocenters. The number of aromatic amines is 1. The lowest BCUT2D eigenvalue weighted by molar-refractivity contribution is 0.353. The minimum Gasteiger partial charge on any atom is -0.340 e. The number of hydrogen-bond acceptors (Lipinski definition) is 4. The molecular weight excluding hydrogens is 350 g/mol. The number of hydrogen-bond donors (Lipinski definition) is 1. The minimum absolute atomic E-state index is 0.0947. The molecule has 1 aromatic carbocycles. The Morgan fingerprint density at radius 2 is 1.86 bits per heavy atom. The maximum Gasteiger partial charge on any atom is 0.271 e. The summed E-state index contributed by atoms with van der Waals surface area (Å²) >= 11 is 0. The van der Waals surface area contributed by atoms with Gasteiger partial charge in [0.1, 0.15) is 0 Å². The summed E-state index contributed by atoms with van der Waals surface area (Å²) in [5.74, 6) is 2.07. The molecule has 3 aromatic rings. The summed E-state index contributed by atoms with van der Waals surface area (Å²) < 4.78 is 1.56. The first-order chi connectivity index (χ1) is 13.4. The number of aryl methyl sites for hydroxylation is 2. The van der Waals surface area contributed by atoms with Gasteiger partial charge in [0.15, 0.2) is 0 Å². The standard InChI is InChI=1S/C22H27N5O/c1-14-6-5-7-18(9-14)27-21(28)10-20(25-27)19-11-23-22(24-17(19)4)26-12-15(2)8-16(3)13-26/h5-7,9-11,15-16,25H,8,12-13H2,1-4H3. The molecular formula is C22H27N5O. The molecule has 0 aliphatic carbocycles. The number of rotatable bonds is 3. The lowest BCUT2D eigenvalue weighted by Crippen LogP contribution is -2.39. The molecule has 1 aliphatic rings. The summed E-state index contributed by atoms with van der Waals surface area (Å²) in [5.41, 5.74) is 4.29. The van der Waals surface area contributed by atoms with E-state index in [-0.39, 0.29) is 5.56 Å². The SMILES string of the molecule is Cc1cccc(-n2[nH]c(-c3cnc(N4CC(C)CC(C)C4)nc3C)cc2=O)c1. The van der Waals surface area contributed by atoms with Crippen molar-refractivity contribution in [3.05, 3.63) is 58.1 Å². The van der Waals surface area contributed by atoms with Gasteiger partial charge in [0.25, 0.3) is 5.56 Å². The molecule has 2 aromatic heterocycles. The third-order valence-electron chi connectivity index (χ3n) is 5.39. The number of aromatic nitrogens is 4. The van der Waals surface area contributed by atoms with Gasteiger partial charge in [0.05, 0.1) is 17.1 Å². The zero-order valence-corrected chi connectivity index (χ0v) is 16.9. The van der Waals surface area contributed by atoms with E-state index in [9.17, 15) is 4.79 Å². The number of anilines is 1. The smallest absolute Gasteiger partial charge is 0.271 e. The fourth-order valence-corrected chi connectivity index (χ4v) is 4.19. The van der Waals surface area contributed by atoms with Crippen LogP contribution in [0.25, 0.3) is 16.9 Å². The van der Waals surface area contributed by atoms with Gasteiger partial charge in [-0.15, -0.1) is 0 Å². The summed E-state index contributed by atoms with van der Waals surface area (Å²) in [6, 6.07) is 9.46. The van der Waals surface area contributed by atoms with Crippen molar-refractivity contribution in [2.45, 2.75) is 34.1 Å². The van der Waals surface area contributed by atoms with E-state index in [4.69, 9.17) is 4.98 Å². The van der Waals surface area contributed by atoms with Gasteiger partial charge in [0, 0.05) is 30.9 Å². The Bertz CT molecular complexity index is 1040. The second-order valence-corrected chi connectivity index (χ2v) is 8.20. The highest BCUT2D eigenvalue weighted by atomic mass is 16.1. The van der Waals surface area contributed by atoms with E-state index < -0.39 is 0 Å². The van der Waals surface area contributed by atoms with Gasteiger partial charge in [-0.25, -0.2) is 14.6 Å². The maximum atomic E-state index is 12.5. The predicted molar refractivity (Wildman–Crippen MR) is 112 cm³/mol. The average molecular weight is 377 g/mol. The summed E-state index contributed by atoms with van der Waals surface area (Å²) in [5, 5.41) is 3.21. The highest BCUT2D eigenvalue weighted by Gasteiger charge is 2.24. The molecule has 1 aliphatic heterocycles. The molecule has 1 fully saturated rings. The number of nitrogens with zero attached hydrogens (tertiary/aromatic N) is 4. The first-order valence-corrected chi connectivity index (χ1v) is 9.89. The van der Waals surface area contributed by atoms with Crippen LogP contribution in [0.3, 0.4) is 0 Å². The summed E-state index contributed by atoms with van der Waals surface area (Å²) in [6.07, 6.45) is 3.08. The topological polar surface area (TPSA) is 66.8 Å². The molecule has 0 spiro atoms. The van der Waals surface area contributed by atoms with E-state index in [0.717, 1.165) is 47.2 Å². The van der Waals surface area contributed by atoms with Crippen LogP contribution < -0.4 is 10.5 Å². The normalized spacial score (nSPS) is 19.8. The van der Waals surface area contributed by atoms with E-state index in [1.807, 2.05) is 44.3 Å². The largest absolute Gasteiger partial charge is 0.340 e. The van der Waals surface area contributed by atoms with Gasteiger partial charge >= 0.3 is 0 Å². The Morgan fingerprint density at radius 1 is 1.11 bits per heavy atom. The van der Waals surface area contributed by atoms with E-state index in [1.54, 1.807) is 10.7 Å². The fraction of sp³-hybridized carbons (Fsp3) is 0.409. The van der Waals surface area contributed by atoms with Crippen LogP contribution in [0.1, 0.15) is 31.5 Å². The molecule has 0 radical (unpaired) electrons. The molecule has 3 heterocycles. The number of benzene rings is 1. The summed E-state index contributed by atoms with van der Waals surface area (Å²) in [6.45, 7) is 10.5. The molecule has 146 valence electrons. The van der Waals surface area contributed by atoms with Crippen molar-refractivity contribution in [1.29, 1.82) is 0 Å². The van der Waals surface area contributed by atoms with Crippen LogP contribution in [-0.4, -0.2) is 32.8 Å². The second kappa shape index (κ2) is 7.26.